The lowest BCUT2D eigenvalue weighted by Crippen LogP contribution is -2.42. The Morgan fingerprint density at radius 2 is 1.52 bits per heavy atom. The van der Waals surface area contributed by atoms with Crippen molar-refractivity contribution in [3.05, 3.63) is 35.4 Å². The predicted octanol–water partition coefficient (Wildman–Crippen LogP) is 3.68. The van der Waals surface area contributed by atoms with Crippen LogP contribution < -0.4 is 0 Å². The monoisotopic (exact) mass is 318 g/mol. The van der Waals surface area contributed by atoms with Crippen molar-refractivity contribution >= 4 is 8.80 Å². The molecule has 0 saturated carbocycles. The molecule has 3 nitrogen and oxygen atoms in total. The van der Waals surface area contributed by atoms with Gasteiger partial charge in [-0.1, -0.05) is 6.42 Å². The SMILES string of the molecule is CCO[Si](O)(CCCCCc1cc(F)cc(F)c1)OCC. The van der Waals surface area contributed by atoms with E-state index in [1.165, 1.54) is 12.1 Å². The minimum Gasteiger partial charge on any atom is -0.390 e. The normalized spacial score (nSPS) is 11.9. The van der Waals surface area contributed by atoms with Crippen LogP contribution in [0.2, 0.25) is 6.04 Å². The van der Waals surface area contributed by atoms with E-state index in [1.807, 2.05) is 13.8 Å². The number of unbranched alkanes of at least 4 members (excludes halogenated alkanes) is 2. The first-order valence-electron chi connectivity index (χ1n) is 7.44. The van der Waals surface area contributed by atoms with Crippen molar-refractivity contribution in [2.24, 2.45) is 0 Å². The Hall–Kier alpha value is -0.823. The maximum Gasteiger partial charge on any atom is 0.498 e. The van der Waals surface area contributed by atoms with Crippen LogP contribution in [-0.2, 0) is 15.3 Å². The number of rotatable bonds is 10. The van der Waals surface area contributed by atoms with Crippen LogP contribution in [0.15, 0.2) is 18.2 Å². The predicted molar refractivity (Wildman–Crippen MR) is 79.9 cm³/mol. The Balaban J connectivity index is 2.30. The summed E-state index contributed by atoms with van der Waals surface area (Å²) >= 11 is 0. The fourth-order valence-electron chi connectivity index (χ4n) is 2.25. The van der Waals surface area contributed by atoms with Crippen LogP contribution in [0, 0.1) is 11.6 Å². The first-order chi connectivity index (χ1) is 9.99. The van der Waals surface area contributed by atoms with Crippen molar-refractivity contribution in [1.82, 2.24) is 0 Å². The van der Waals surface area contributed by atoms with Gasteiger partial charge < -0.3 is 13.6 Å². The van der Waals surface area contributed by atoms with Gasteiger partial charge in [0.05, 0.1) is 0 Å². The van der Waals surface area contributed by atoms with Crippen LogP contribution in [0.25, 0.3) is 0 Å². The van der Waals surface area contributed by atoms with Gasteiger partial charge in [-0.15, -0.1) is 0 Å². The highest BCUT2D eigenvalue weighted by Gasteiger charge is 2.35. The average molecular weight is 318 g/mol. The van der Waals surface area contributed by atoms with E-state index in [0.717, 1.165) is 25.3 Å². The van der Waals surface area contributed by atoms with E-state index >= 15 is 0 Å². The van der Waals surface area contributed by atoms with Crippen LogP contribution >= 0.6 is 0 Å². The van der Waals surface area contributed by atoms with Gasteiger partial charge in [0.2, 0.25) is 0 Å². The molecule has 0 saturated heterocycles. The molecule has 1 rings (SSSR count). The van der Waals surface area contributed by atoms with E-state index in [9.17, 15) is 13.6 Å². The number of hydrogen-bond acceptors (Lipinski definition) is 3. The first-order valence-corrected chi connectivity index (χ1v) is 9.41. The Kier molecular flexibility index (Phi) is 8.03. The van der Waals surface area contributed by atoms with Crippen LogP contribution in [0.5, 0.6) is 0 Å². The van der Waals surface area contributed by atoms with Gasteiger partial charge >= 0.3 is 8.80 Å². The zero-order chi connectivity index (χ0) is 15.7. The van der Waals surface area contributed by atoms with Crippen LogP contribution in [0.4, 0.5) is 8.78 Å². The zero-order valence-electron chi connectivity index (χ0n) is 12.7. The third-order valence-corrected chi connectivity index (χ3v) is 5.59. The molecular formula is C15H24F2O3Si. The third-order valence-electron chi connectivity index (χ3n) is 3.12. The van der Waals surface area contributed by atoms with Crippen LogP contribution in [0.1, 0.15) is 38.7 Å². The summed E-state index contributed by atoms with van der Waals surface area (Å²) in [6, 6.07) is 4.11. The summed E-state index contributed by atoms with van der Waals surface area (Å²) in [5.41, 5.74) is 0.662. The third kappa shape index (κ3) is 7.13. The van der Waals surface area contributed by atoms with Gasteiger partial charge in [-0.05, 0) is 50.8 Å². The fraction of sp³-hybridized carbons (Fsp3) is 0.600. The smallest absolute Gasteiger partial charge is 0.390 e. The lowest BCUT2D eigenvalue weighted by Gasteiger charge is -2.22. The molecule has 21 heavy (non-hydrogen) atoms. The molecule has 0 unspecified atom stereocenters. The molecular weight excluding hydrogens is 294 g/mol. The molecule has 0 radical (unpaired) electrons. The molecule has 0 aliphatic carbocycles. The van der Waals surface area contributed by atoms with E-state index in [2.05, 4.69) is 0 Å². The Labute approximate surface area is 126 Å². The second-order valence-corrected chi connectivity index (χ2v) is 7.42. The highest BCUT2D eigenvalue weighted by molar-refractivity contribution is 6.59. The van der Waals surface area contributed by atoms with Gasteiger partial charge in [0.1, 0.15) is 11.6 Å². The lowest BCUT2D eigenvalue weighted by atomic mass is 10.1. The van der Waals surface area contributed by atoms with Crippen LogP contribution in [-0.4, -0.2) is 26.8 Å². The molecule has 0 atom stereocenters. The molecule has 120 valence electrons. The maximum atomic E-state index is 13.0. The molecule has 1 N–H and O–H groups in total. The Morgan fingerprint density at radius 3 is 2.05 bits per heavy atom. The molecule has 0 spiro atoms. The zero-order valence-corrected chi connectivity index (χ0v) is 13.7. The molecule has 0 aliphatic heterocycles. The fourth-order valence-corrected chi connectivity index (χ4v) is 4.22. The number of aryl methyl sites for hydroxylation is 1. The van der Waals surface area contributed by atoms with Gasteiger partial charge in [0, 0.05) is 25.3 Å². The summed E-state index contributed by atoms with van der Waals surface area (Å²) in [5.74, 6) is -1.08. The molecule has 0 aliphatic rings. The van der Waals surface area contributed by atoms with E-state index in [-0.39, 0.29) is 0 Å². The molecule has 0 fully saturated rings. The van der Waals surface area contributed by atoms with Gasteiger partial charge in [0.25, 0.3) is 0 Å². The molecule has 0 aromatic heterocycles. The van der Waals surface area contributed by atoms with Crippen molar-refractivity contribution in [2.75, 3.05) is 13.2 Å². The molecule has 0 bridgehead atoms. The van der Waals surface area contributed by atoms with Gasteiger partial charge in [0.15, 0.2) is 0 Å². The second-order valence-electron chi connectivity index (χ2n) is 4.92. The summed E-state index contributed by atoms with van der Waals surface area (Å²) in [4.78, 5) is 10.2. The Morgan fingerprint density at radius 1 is 0.952 bits per heavy atom. The summed E-state index contributed by atoms with van der Waals surface area (Å²) in [7, 11) is -3.02. The number of hydrogen-bond donors (Lipinski definition) is 1. The molecule has 1 aromatic rings. The van der Waals surface area contributed by atoms with Gasteiger partial charge in [-0.2, -0.15) is 0 Å². The summed E-state index contributed by atoms with van der Waals surface area (Å²) in [5, 5.41) is 0. The Bertz CT molecular complexity index is 403. The van der Waals surface area contributed by atoms with E-state index in [4.69, 9.17) is 8.85 Å². The van der Waals surface area contributed by atoms with Gasteiger partial charge in [-0.3, -0.25) is 0 Å². The molecule has 0 amide bonds. The topological polar surface area (TPSA) is 38.7 Å². The number of benzene rings is 1. The first kappa shape index (κ1) is 18.2. The molecule has 6 heteroatoms. The van der Waals surface area contributed by atoms with Crippen molar-refractivity contribution < 1.29 is 22.4 Å². The largest absolute Gasteiger partial charge is 0.498 e. The highest BCUT2D eigenvalue weighted by Crippen LogP contribution is 2.17. The van der Waals surface area contributed by atoms with Crippen molar-refractivity contribution in [1.29, 1.82) is 0 Å². The maximum absolute atomic E-state index is 13.0. The number of halogens is 2. The summed E-state index contributed by atoms with van der Waals surface area (Å²) in [6.07, 6.45) is 3.07. The van der Waals surface area contributed by atoms with Crippen LogP contribution in [0.3, 0.4) is 0 Å². The van der Waals surface area contributed by atoms with Crippen molar-refractivity contribution in [3.63, 3.8) is 0 Å². The van der Waals surface area contributed by atoms with Gasteiger partial charge in [-0.25, -0.2) is 8.78 Å². The summed E-state index contributed by atoms with van der Waals surface area (Å²) in [6.45, 7) is 4.53. The quantitative estimate of drug-likeness (QED) is 0.528. The van der Waals surface area contributed by atoms with E-state index < -0.39 is 20.4 Å². The van der Waals surface area contributed by atoms with Crippen molar-refractivity contribution in [3.8, 4) is 0 Å². The molecule has 0 heterocycles. The summed E-state index contributed by atoms with van der Waals surface area (Å²) < 4.78 is 36.7. The highest BCUT2D eigenvalue weighted by atomic mass is 28.4. The standard InChI is InChI=1S/C15H24F2O3Si/c1-3-19-21(18,20-4-2)9-7-5-6-8-13-10-14(16)12-15(17)11-13/h10-12,18H,3-9H2,1-2H3. The minimum absolute atomic E-state index is 0.436. The van der Waals surface area contributed by atoms with Crippen molar-refractivity contribution in [2.45, 2.75) is 45.6 Å². The minimum atomic E-state index is -3.02. The lowest BCUT2D eigenvalue weighted by molar-refractivity contribution is 0.107. The van der Waals surface area contributed by atoms with E-state index in [0.29, 0.717) is 31.2 Å². The molecule has 1 aromatic carbocycles. The second kappa shape index (κ2) is 9.25. The van der Waals surface area contributed by atoms with E-state index in [1.54, 1.807) is 0 Å². The average Bonchev–Trinajstić information content (AvgIpc) is 2.37.